The summed E-state index contributed by atoms with van der Waals surface area (Å²) in [6.07, 6.45) is 0. The monoisotopic (exact) mass is 330 g/mol. The average molecular weight is 331 g/mol. The van der Waals surface area contributed by atoms with Crippen LogP contribution < -0.4 is 4.90 Å². The molecular weight excluding hydrogens is 308 g/mol. The number of piperazine rings is 1. The van der Waals surface area contributed by atoms with Crippen LogP contribution in [0.4, 0.5) is 5.82 Å². The Bertz CT molecular complexity index is 644. The molecule has 0 N–H and O–H groups in total. The lowest BCUT2D eigenvalue weighted by Gasteiger charge is -2.44. The van der Waals surface area contributed by atoms with Gasteiger partial charge in [0.15, 0.2) is 0 Å². The average Bonchev–Trinajstić information content (AvgIpc) is 2.55. The quantitative estimate of drug-likeness (QED) is 0.806. The highest BCUT2D eigenvalue weighted by Crippen LogP contribution is 2.29. The van der Waals surface area contributed by atoms with Gasteiger partial charge in [-0.15, -0.1) is 0 Å². The van der Waals surface area contributed by atoms with E-state index in [1.807, 2.05) is 13.0 Å². The van der Waals surface area contributed by atoms with Crippen molar-refractivity contribution in [2.45, 2.75) is 26.3 Å². The van der Waals surface area contributed by atoms with E-state index < -0.39 is 0 Å². The van der Waals surface area contributed by atoms with Gasteiger partial charge in [-0.25, -0.2) is 9.97 Å². The highest BCUT2D eigenvalue weighted by atomic mass is 35.5. The Labute approximate surface area is 143 Å². The third kappa shape index (κ3) is 3.48. The summed E-state index contributed by atoms with van der Waals surface area (Å²) < 4.78 is 0. The summed E-state index contributed by atoms with van der Waals surface area (Å²) in [6, 6.07) is 12.7. The summed E-state index contributed by atoms with van der Waals surface area (Å²) in [6.45, 7) is 10.4. The molecule has 0 radical (unpaired) electrons. The molecule has 122 valence electrons. The number of benzene rings is 1. The zero-order chi connectivity index (χ0) is 16.4. The number of rotatable bonds is 3. The van der Waals surface area contributed by atoms with Gasteiger partial charge >= 0.3 is 0 Å². The predicted octanol–water partition coefficient (Wildman–Crippen LogP) is 3.50. The number of hydrogen-bond donors (Lipinski definition) is 0. The standard InChI is InChI=1S/C18H23ClN4/c1-14-13-16(21-17(19)20-14)22-9-11-23(12-10-22)18(2,3)15-7-5-4-6-8-15/h4-8,13H,9-12H2,1-3H3. The Hall–Kier alpha value is -1.65. The van der Waals surface area contributed by atoms with Gasteiger partial charge in [0.05, 0.1) is 0 Å². The molecule has 0 saturated carbocycles. The minimum atomic E-state index is 0.0343. The molecule has 1 aromatic carbocycles. The maximum Gasteiger partial charge on any atom is 0.224 e. The lowest BCUT2D eigenvalue weighted by molar-refractivity contribution is 0.111. The first-order valence-electron chi connectivity index (χ1n) is 8.03. The van der Waals surface area contributed by atoms with Crippen molar-refractivity contribution in [1.82, 2.24) is 14.9 Å². The van der Waals surface area contributed by atoms with Crippen LogP contribution in [-0.2, 0) is 5.54 Å². The zero-order valence-electron chi connectivity index (χ0n) is 14.0. The second-order valence-corrected chi connectivity index (χ2v) is 6.87. The SMILES string of the molecule is Cc1cc(N2CCN(C(C)(C)c3ccccc3)CC2)nc(Cl)n1. The fourth-order valence-electron chi connectivity index (χ4n) is 3.20. The summed E-state index contributed by atoms with van der Waals surface area (Å²) in [7, 11) is 0. The largest absolute Gasteiger partial charge is 0.354 e. The van der Waals surface area contributed by atoms with Gasteiger partial charge in [0.1, 0.15) is 5.82 Å². The Morgan fingerprint density at radius 3 is 2.26 bits per heavy atom. The highest BCUT2D eigenvalue weighted by molar-refractivity contribution is 6.28. The molecular formula is C18H23ClN4. The Morgan fingerprint density at radius 2 is 1.65 bits per heavy atom. The molecule has 0 bridgehead atoms. The second kappa shape index (κ2) is 6.46. The van der Waals surface area contributed by atoms with Crippen LogP contribution in [0, 0.1) is 6.92 Å². The van der Waals surface area contributed by atoms with Gasteiger partial charge in [-0.2, -0.15) is 0 Å². The van der Waals surface area contributed by atoms with Gasteiger partial charge in [0.25, 0.3) is 0 Å². The van der Waals surface area contributed by atoms with E-state index in [-0.39, 0.29) is 5.54 Å². The van der Waals surface area contributed by atoms with Crippen LogP contribution in [0.5, 0.6) is 0 Å². The molecule has 23 heavy (non-hydrogen) atoms. The molecule has 0 atom stereocenters. The maximum atomic E-state index is 5.99. The molecule has 4 nitrogen and oxygen atoms in total. The van der Waals surface area contributed by atoms with Crippen molar-refractivity contribution in [2.24, 2.45) is 0 Å². The number of anilines is 1. The second-order valence-electron chi connectivity index (χ2n) is 6.54. The van der Waals surface area contributed by atoms with E-state index >= 15 is 0 Å². The molecule has 2 heterocycles. The summed E-state index contributed by atoms with van der Waals surface area (Å²) in [5, 5.41) is 0.326. The van der Waals surface area contributed by atoms with Crippen LogP contribution in [0.2, 0.25) is 5.28 Å². The third-order valence-electron chi connectivity index (χ3n) is 4.69. The highest BCUT2D eigenvalue weighted by Gasteiger charge is 2.31. The van der Waals surface area contributed by atoms with Crippen molar-refractivity contribution in [1.29, 1.82) is 0 Å². The van der Waals surface area contributed by atoms with Crippen LogP contribution in [0.3, 0.4) is 0 Å². The lowest BCUT2D eigenvalue weighted by atomic mass is 9.91. The molecule has 0 amide bonds. The lowest BCUT2D eigenvalue weighted by Crippen LogP contribution is -2.53. The van der Waals surface area contributed by atoms with Crippen LogP contribution >= 0.6 is 11.6 Å². The topological polar surface area (TPSA) is 32.3 Å². The van der Waals surface area contributed by atoms with E-state index in [1.165, 1.54) is 5.56 Å². The Kier molecular flexibility index (Phi) is 4.55. The van der Waals surface area contributed by atoms with Gasteiger partial charge in [0, 0.05) is 43.5 Å². The van der Waals surface area contributed by atoms with Gasteiger partial charge in [0.2, 0.25) is 5.28 Å². The summed E-state index contributed by atoms with van der Waals surface area (Å²) in [4.78, 5) is 13.3. The molecule has 1 aliphatic rings. The Morgan fingerprint density at radius 1 is 1.00 bits per heavy atom. The maximum absolute atomic E-state index is 5.99. The van der Waals surface area contributed by atoms with Gasteiger partial charge < -0.3 is 4.90 Å². The minimum absolute atomic E-state index is 0.0343. The van der Waals surface area contributed by atoms with Crippen LogP contribution in [0.15, 0.2) is 36.4 Å². The first kappa shape index (κ1) is 16.2. The van der Waals surface area contributed by atoms with Crippen LogP contribution in [0.1, 0.15) is 25.1 Å². The molecule has 5 heteroatoms. The molecule has 2 aromatic rings. The summed E-state index contributed by atoms with van der Waals surface area (Å²) in [5.41, 5.74) is 2.30. The van der Waals surface area contributed by atoms with Crippen LogP contribution in [-0.4, -0.2) is 41.0 Å². The van der Waals surface area contributed by atoms with Crippen molar-refractivity contribution in [3.8, 4) is 0 Å². The molecule has 1 saturated heterocycles. The number of hydrogen-bond acceptors (Lipinski definition) is 4. The van der Waals surface area contributed by atoms with Crippen molar-refractivity contribution >= 4 is 17.4 Å². The Balaban J connectivity index is 1.71. The van der Waals surface area contributed by atoms with E-state index in [0.717, 1.165) is 37.7 Å². The van der Waals surface area contributed by atoms with Gasteiger partial charge in [-0.05, 0) is 37.9 Å². The van der Waals surface area contributed by atoms with Gasteiger partial charge in [-0.3, -0.25) is 4.90 Å². The first-order chi connectivity index (χ1) is 11.0. The number of aromatic nitrogens is 2. The molecule has 0 spiro atoms. The first-order valence-corrected chi connectivity index (χ1v) is 8.41. The molecule has 0 unspecified atom stereocenters. The van der Waals surface area contributed by atoms with Crippen molar-refractivity contribution in [3.05, 3.63) is 52.9 Å². The van der Waals surface area contributed by atoms with E-state index in [9.17, 15) is 0 Å². The van der Waals surface area contributed by atoms with Gasteiger partial charge in [-0.1, -0.05) is 30.3 Å². The molecule has 1 fully saturated rings. The normalized spacial score (nSPS) is 16.6. The molecule has 3 rings (SSSR count). The summed E-state index contributed by atoms with van der Waals surface area (Å²) in [5.74, 6) is 0.930. The molecule has 1 aromatic heterocycles. The summed E-state index contributed by atoms with van der Waals surface area (Å²) >= 11 is 5.99. The van der Waals surface area contributed by atoms with Crippen molar-refractivity contribution < 1.29 is 0 Å². The fraction of sp³-hybridized carbons (Fsp3) is 0.444. The zero-order valence-corrected chi connectivity index (χ0v) is 14.7. The smallest absolute Gasteiger partial charge is 0.224 e. The van der Waals surface area contributed by atoms with E-state index in [0.29, 0.717) is 5.28 Å². The fourth-order valence-corrected chi connectivity index (χ4v) is 3.42. The molecule has 1 aliphatic heterocycles. The van der Waals surface area contributed by atoms with Crippen molar-refractivity contribution in [3.63, 3.8) is 0 Å². The minimum Gasteiger partial charge on any atom is -0.354 e. The van der Waals surface area contributed by atoms with E-state index in [2.05, 4.69) is 63.9 Å². The van der Waals surface area contributed by atoms with Crippen LogP contribution in [0.25, 0.3) is 0 Å². The predicted molar refractivity (Wildman–Crippen MR) is 95.0 cm³/mol. The number of aryl methyl sites for hydroxylation is 1. The van der Waals surface area contributed by atoms with Crippen molar-refractivity contribution in [2.75, 3.05) is 31.1 Å². The van der Waals surface area contributed by atoms with E-state index in [4.69, 9.17) is 11.6 Å². The number of halogens is 1. The molecule has 0 aliphatic carbocycles. The third-order valence-corrected chi connectivity index (χ3v) is 4.86. The van der Waals surface area contributed by atoms with E-state index in [1.54, 1.807) is 0 Å². The number of nitrogens with zero attached hydrogens (tertiary/aromatic N) is 4.